The van der Waals surface area contributed by atoms with Gasteiger partial charge in [0, 0.05) is 24.9 Å². The van der Waals surface area contributed by atoms with E-state index in [-0.39, 0.29) is 17.8 Å². The van der Waals surface area contributed by atoms with Gasteiger partial charge in [-0.2, -0.15) is 0 Å². The molecule has 1 atom stereocenters. The van der Waals surface area contributed by atoms with Crippen LogP contribution in [-0.2, 0) is 17.8 Å². The first-order valence-corrected chi connectivity index (χ1v) is 10.3. The van der Waals surface area contributed by atoms with E-state index in [1.807, 2.05) is 6.92 Å². The quantitative estimate of drug-likeness (QED) is 0.615. The van der Waals surface area contributed by atoms with E-state index in [9.17, 15) is 9.18 Å². The summed E-state index contributed by atoms with van der Waals surface area (Å²) in [6, 6.07) is 17.6. The molecule has 1 heterocycles. The van der Waals surface area contributed by atoms with Gasteiger partial charge in [0.1, 0.15) is 12.4 Å². The predicted octanol–water partition coefficient (Wildman–Crippen LogP) is 0.684. The van der Waals surface area contributed by atoms with Crippen LogP contribution in [0.15, 0.2) is 54.6 Å². The van der Waals surface area contributed by atoms with Crippen LogP contribution in [0.5, 0.6) is 0 Å². The lowest BCUT2D eigenvalue weighted by molar-refractivity contribution is -0.926. The standard InChI is InChI=1S/C23H30FN3O/c1-18(23(28)25-14-11-19-7-9-21(24)10-8-19)26-22-12-15-27(16-13-22)17-20-5-3-2-4-6-20/h2-10,18,22,26H,11-17H2,1H3,(H,25,28)/p+2/t18-/m0/s1. The topological polar surface area (TPSA) is 50.2 Å². The van der Waals surface area contributed by atoms with E-state index in [0.717, 1.165) is 44.5 Å². The molecule has 0 spiro atoms. The van der Waals surface area contributed by atoms with Gasteiger partial charge >= 0.3 is 0 Å². The van der Waals surface area contributed by atoms with Gasteiger partial charge < -0.3 is 15.5 Å². The van der Waals surface area contributed by atoms with Crippen molar-refractivity contribution in [1.29, 1.82) is 0 Å². The zero-order chi connectivity index (χ0) is 19.8. The number of carbonyl (C=O) groups excluding carboxylic acids is 1. The van der Waals surface area contributed by atoms with Gasteiger partial charge in [0.2, 0.25) is 0 Å². The fourth-order valence-electron chi connectivity index (χ4n) is 3.94. The fraction of sp³-hybridized carbons (Fsp3) is 0.435. The lowest BCUT2D eigenvalue weighted by atomic mass is 10.0. The second-order valence-corrected chi connectivity index (χ2v) is 7.90. The monoisotopic (exact) mass is 385 g/mol. The minimum atomic E-state index is -0.229. The highest BCUT2D eigenvalue weighted by atomic mass is 19.1. The largest absolute Gasteiger partial charge is 0.351 e. The Balaban J connectivity index is 1.33. The molecule has 1 fully saturated rings. The van der Waals surface area contributed by atoms with E-state index in [0.29, 0.717) is 12.6 Å². The maximum absolute atomic E-state index is 12.9. The SMILES string of the molecule is C[C@H]([NH2+]C1CC[NH+](Cc2ccccc2)CC1)C(=O)NCCc1ccc(F)cc1. The molecule has 28 heavy (non-hydrogen) atoms. The smallest absolute Gasteiger partial charge is 0.277 e. The average Bonchev–Trinajstić information content (AvgIpc) is 2.71. The van der Waals surface area contributed by atoms with Crippen molar-refractivity contribution in [2.75, 3.05) is 19.6 Å². The van der Waals surface area contributed by atoms with Crippen molar-refractivity contribution >= 4 is 5.91 Å². The van der Waals surface area contributed by atoms with Crippen molar-refractivity contribution in [2.24, 2.45) is 0 Å². The number of likely N-dealkylation sites (tertiary alicyclic amines) is 1. The molecule has 4 N–H and O–H groups in total. The lowest BCUT2D eigenvalue weighted by Crippen LogP contribution is -3.14. The van der Waals surface area contributed by atoms with Crippen molar-refractivity contribution in [2.45, 2.75) is 44.8 Å². The summed E-state index contributed by atoms with van der Waals surface area (Å²) in [5.74, 6) is -0.145. The second-order valence-electron chi connectivity index (χ2n) is 7.90. The third-order valence-corrected chi connectivity index (χ3v) is 5.63. The number of carbonyl (C=O) groups is 1. The van der Waals surface area contributed by atoms with Crippen LogP contribution in [0, 0.1) is 5.82 Å². The summed E-state index contributed by atoms with van der Waals surface area (Å²) in [6.45, 7) is 5.98. The minimum absolute atomic E-state index is 0.0751. The van der Waals surface area contributed by atoms with E-state index >= 15 is 0 Å². The Bertz CT molecular complexity index is 727. The number of hydrogen-bond donors (Lipinski definition) is 3. The molecule has 4 nitrogen and oxygen atoms in total. The molecule has 1 saturated heterocycles. The number of quaternary nitrogens is 2. The molecule has 0 saturated carbocycles. The van der Waals surface area contributed by atoms with Gasteiger partial charge in [0.15, 0.2) is 6.04 Å². The molecule has 0 bridgehead atoms. The molecule has 150 valence electrons. The first-order valence-electron chi connectivity index (χ1n) is 10.3. The molecule has 2 aromatic carbocycles. The third kappa shape index (κ3) is 6.43. The molecule has 0 unspecified atom stereocenters. The van der Waals surface area contributed by atoms with Gasteiger partial charge in [-0.25, -0.2) is 4.39 Å². The molecule has 0 aliphatic carbocycles. The molecule has 0 radical (unpaired) electrons. The number of hydrogen-bond acceptors (Lipinski definition) is 1. The van der Waals surface area contributed by atoms with E-state index in [1.54, 1.807) is 17.0 Å². The second kappa shape index (κ2) is 10.3. The van der Waals surface area contributed by atoms with Crippen molar-refractivity contribution < 1.29 is 19.4 Å². The van der Waals surface area contributed by atoms with Crippen LogP contribution in [0.25, 0.3) is 0 Å². The molecule has 0 aromatic heterocycles. The molecule has 2 aromatic rings. The van der Waals surface area contributed by atoms with Gasteiger partial charge in [-0.1, -0.05) is 42.5 Å². The first kappa shape index (κ1) is 20.5. The van der Waals surface area contributed by atoms with E-state index in [4.69, 9.17) is 0 Å². The van der Waals surface area contributed by atoms with Gasteiger partial charge in [0.25, 0.3) is 5.91 Å². The highest BCUT2D eigenvalue weighted by molar-refractivity contribution is 5.79. The third-order valence-electron chi connectivity index (χ3n) is 5.63. The van der Waals surface area contributed by atoms with Gasteiger partial charge in [-0.15, -0.1) is 0 Å². The van der Waals surface area contributed by atoms with Crippen LogP contribution >= 0.6 is 0 Å². The van der Waals surface area contributed by atoms with Crippen LogP contribution < -0.4 is 15.5 Å². The number of benzene rings is 2. The lowest BCUT2D eigenvalue weighted by Gasteiger charge is -2.29. The summed E-state index contributed by atoms with van der Waals surface area (Å²) in [7, 11) is 0. The van der Waals surface area contributed by atoms with Crippen molar-refractivity contribution in [1.82, 2.24) is 5.32 Å². The number of nitrogens with two attached hydrogens (primary N) is 1. The Hall–Kier alpha value is -2.24. The van der Waals surface area contributed by atoms with Crippen LogP contribution in [0.1, 0.15) is 30.9 Å². The summed E-state index contributed by atoms with van der Waals surface area (Å²) >= 11 is 0. The zero-order valence-electron chi connectivity index (χ0n) is 16.7. The van der Waals surface area contributed by atoms with E-state index in [2.05, 4.69) is 41.0 Å². The molecular weight excluding hydrogens is 353 g/mol. The number of piperidine rings is 1. The van der Waals surface area contributed by atoms with Crippen molar-refractivity contribution in [3.8, 4) is 0 Å². The van der Waals surface area contributed by atoms with Crippen LogP contribution in [-0.4, -0.2) is 37.6 Å². The fourth-order valence-corrected chi connectivity index (χ4v) is 3.94. The molecule has 5 heteroatoms. The molecular formula is C23H32FN3O+2. The summed E-state index contributed by atoms with van der Waals surface area (Å²) < 4.78 is 12.9. The predicted molar refractivity (Wildman–Crippen MR) is 108 cm³/mol. The van der Waals surface area contributed by atoms with E-state index in [1.165, 1.54) is 17.7 Å². The average molecular weight is 386 g/mol. The van der Waals surface area contributed by atoms with Crippen molar-refractivity contribution in [3.05, 3.63) is 71.5 Å². The van der Waals surface area contributed by atoms with Gasteiger partial charge in [-0.05, 0) is 31.0 Å². The van der Waals surface area contributed by atoms with E-state index < -0.39 is 0 Å². The number of rotatable bonds is 8. The number of nitrogens with one attached hydrogen (secondary N) is 2. The summed E-state index contributed by atoms with van der Waals surface area (Å²) in [5, 5.41) is 5.24. The van der Waals surface area contributed by atoms with Crippen LogP contribution in [0.4, 0.5) is 4.39 Å². The Morgan fingerprint density at radius 3 is 2.46 bits per heavy atom. The van der Waals surface area contributed by atoms with Crippen LogP contribution in [0.2, 0.25) is 0 Å². The van der Waals surface area contributed by atoms with Crippen LogP contribution in [0.3, 0.4) is 0 Å². The summed E-state index contributed by atoms with van der Waals surface area (Å²) in [5.41, 5.74) is 2.43. The van der Waals surface area contributed by atoms with Crippen molar-refractivity contribution in [3.63, 3.8) is 0 Å². The van der Waals surface area contributed by atoms with Gasteiger partial charge in [-0.3, -0.25) is 4.79 Å². The highest BCUT2D eigenvalue weighted by Gasteiger charge is 2.28. The number of amides is 1. The Morgan fingerprint density at radius 1 is 1.11 bits per heavy atom. The maximum Gasteiger partial charge on any atom is 0.277 e. The summed E-state index contributed by atoms with van der Waals surface area (Å²) in [6.07, 6.45) is 3.02. The zero-order valence-corrected chi connectivity index (χ0v) is 16.7. The number of halogens is 1. The molecule has 1 aliphatic rings. The summed E-state index contributed by atoms with van der Waals surface area (Å²) in [4.78, 5) is 14.0. The Kier molecular flexibility index (Phi) is 7.57. The normalized spacial score (nSPS) is 20.5. The Morgan fingerprint density at radius 2 is 1.79 bits per heavy atom. The maximum atomic E-state index is 12.9. The Labute approximate surface area is 167 Å². The van der Waals surface area contributed by atoms with Gasteiger partial charge in [0.05, 0.1) is 19.1 Å². The highest BCUT2D eigenvalue weighted by Crippen LogP contribution is 2.03. The molecule has 3 rings (SSSR count). The first-order chi connectivity index (χ1) is 13.6. The molecule has 1 amide bonds. The minimum Gasteiger partial charge on any atom is -0.351 e. The molecule has 1 aliphatic heterocycles.